The standard InChI is InChI=1S/C23H21BrClN5O/c1-15-22(24)16(2)30(27-15)14-18-4-3-5-19(12-18)23(31)26-21-10-11-29(28-21)13-17-6-8-20(25)9-7-17/h3-12H,13-14H2,1-2H3,(H,26,28,31). The lowest BCUT2D eigenvalue weighted by atomic mass is 10.1. The van der Waals surface area contributed by atoms with Gasteiger partial charge >= 0.3 is 0 Å². The van der Waals surface area contributed by atoms with Gasteiger partial charge in [0.25, 0.3) is 5.91 Å². The average Bonchev–Trinajstić information content (AvgIpc) is 3.29. The summed E-state index contributed by atoms with van der Waals surface area (Å²) in [5.41, 5.74) is 4.65. The number of rotatable bonds is 6. The SMILES string of the molecule is Cc1nn(Cc2cccc(C(=O)Nc3ccn(Cc4ccc(Cl)cc4)n3)c2)c(C)c1Br. The molecule has 0 saturated heterocycles. The van der Waals surface area contributed by atoms with Crippen molar-refractivity contribution in [2.24, 2.45) is 0 Å². The van der Waals surface area contributed by atoms with Crippen molar-refractivity contribution in [3.63, 3.8) is 0 Å². The highest BCUT2D eigenvalue weighted by Gasteiger charge is 2.12. The summed E-state index contributed by atoms with van der Waals surface area (Å²) in [5, 5.41) is 12.5. The van der Waals surface area contributed by atoms with Gasteiger partial charge in [0.05, 0.1) is 29.0 Å². The van der Waals surface area contributed by atoms with Gasteiger partial charge in [-0.15, -0.1) is 0 Å². The van der Waals surface area contributed by atoms with Gasteiger partial charge in [-0.1, -0.05) is 35.9 Å². The Kier molecular flexibility index (Phi) is 6.25. The minimum Gasteiger partial charge on any atom is -0.305 e. The van der Waals surface area contributed by atoms with Gasteiger partial charge < -0.3 is 5.32 Å². The van der Waals surface area contributed by atoms with Gasteiger partial charge in [-0.2, -0.15) is 10.2 Å². The molecular formula is C23H21BrClN5O. The van der Waals surface area contributed by atoms with E-state index in [1.165, 1.54) is 0 Å². The number of benzene rings is 2. The molecule has 0 radical (unpaired) electrons. The van der Waals surface area contributed by atoms with E-state index in [1.807, 2.05) is 67.2 Å². The Labute approximate surface area is 194 Å². The van der Waals surface area contributed by atoms with E-state index >= 15 is 0 Å². The molecule has 0 atom stereocenters. The molecule has 1 N–H and O–H groups in total. The largest absolute Gasteiger partial charge is 0.305 e. The van der Waals surface area contributed by atoms with Crippen LogP contribution in [0, 0.1) is 13.8 Å². The number of amides is 1. The van der Waals surface area contributed by atoms with E-state index in [0.717, 1.165) is 27.0 Å². The van der Waals surface area contributed by atoms with Crippen LogP contribution in [0.25, 0.3) is 0 Å². The van der Waals surface area contributed by atoms with Crippen LogP contribution >= 0.6 is 27.5 Å². The smallest absolute Gasteiger partial charge is 0.256 e. The maximum absolute atomic E-state index is 12.7. The summed E-state index contributed by atoms with van der Waals surface area (Å²) in [5.74, 6) is 0.306. The molecule has 2 heterocycles. The number of carbonyl (C=O) groups excluding carboxylic acids is 1. The van der Waals surface area contributed by atoms with Crippen LogP contribution in [0.2, 0.25) is 5.02 Å². The average molecular weight is 499 g/mol. The van der Waals surface area contributed by atoms with Crippen LogP contribution < -0.4 is 5.32 Å². The van der Waals surface area contributed by atoms with E-state index in [2.05, 4.69) is 31.4 Å². The van der Waals surface area contributed by atoms with Crippen LogP contribution in [0.5, 0.6) is 0 Å². The van der Waals surface area contributed by atoms with Crippen molar-refractivity contribution in [3.05, 3.63) is 98.4 Å². The van der Waals surface area contributed by atoms with Gasteiger partial charge in [0.15, 0.2) is 5.82 Å². The summed E-state index contributed by atoms with van der Waals surface area (Å²) in [6, 6.07) is 16.9. The third-order valence-corrected chi connectivity index (χ3v) is 6.35. The van der Waals surface area contributed by atoms with Crippen molar-refractivity contribution in [1.82, 2.24) is 19.6 Å². The van der Waals surface area contributed by atoms with Crippen molar-refractivity contribution in [3.8, 4) is 0 Å². The number of hydrogen-bond donors (Lipinski definition) is 1. The lowest BCUT2D eigenvalue weighted by molar-refractivity contribution is 0.102. The molecule has 2 aromatic heterocycles. The van der Waals surface area contributed by atoms with Crippen LogP contribution in [-0.2, 0) is 13.1 Å². The number of aromatic nitrogens is 4. The number of aryl methyl sites for hydroxylation is 1. The molecule has 0 aliphatic carbocycles. The summed E-state index contributed by atoms with van der Waals surface area (Å²) in [7, 11) is 0. The first-order valence-electron chi connectivity index (χ1n) is 9.77. The van der Waals surface area contributed by atoms with Gasteiger partial charge in [-0.05, 0) is 65.2 Å². The molecule has 0 fully saturated rings. The molecule has 0 unspecified atom stereocenters. The Bertz CT molecular complexity index is 1230. The van der Waals surface area contributed by atoms with E-state index in [4.69, 9.17) is 11.6 Å². The molecule has 4 rings (SSSR count). The van der Waals surface area contributed by atoms with E-state index in [-0.39, 0.29) is 5.91 Å². The fraction of sp³-hybridized carbons (Fsp3) is 0.174. The van der Waals surface area contributed by atoms with Gasteiger partial charge in [-0.3, -0.25) is 14.2 Å². The Morgan fingerprint density at radius 1 is 1.03 bits per heavy atom. The highest BCUT2D eigenvalue weighted by molar-refractivity contribution is 9.10. The predicted molar refractivity (Wildman–Crippen MR) is 126 cm³/mol. The van der Waals surface area contributed by atoms with Gasteiger partial charge in [0.1, 0.15) is 0 Å². The molecule has 0 saturated carbocycles. The van der Waals surface area contributed by atoms with Crippen molar-refractivity contribution >= 4 is 39.3 Å². The Morgan fingerprint density at radius 2 is 1.81 bits per heavy atom. The van der Waals surface area contributed by atoms with Crippen LogP contribution in [-0.4, -0.2) is 25.5 Å². The van der Waals surface area contributed by atoms with Crippen LogP contribution in [0.15, 0.2) is 65.3 Å². The first kappa shape index (κ1) is 21.3. The second kappa shape index (κ2) is 9.08. The molecule has 0 bridgehead atoms. The maximum atomic E-state index is 12.7. The number of anilines is 1. The van der Waals surface area contributed by atoms with Crippen LogP contribution in [0.4, 0.5) is 5.82 Å². The van der Waals surface area contributed by atoms with Crippen molar-refractivity contribution in [2.75, 3.05) is 5.32 Å². The zero-order chi connectivity index (χ0) is 22.0. The Morgan fingerprint density at radius 3 is 2.52 bits per heavy atom. The molecule has 8 heteroatoms. The zero-order valence-corrected chi connectivity index (χ0v) is 19.5. The second-order valence-corrected chi connectivity index (χ2v) is 8.55. The van der Waals surface area contributed by atoms with Crippen LogP contribution in [0.1, 0.15) is 32.9 Å². The molecule has 6 nitrogen and oxygen atoms in total. The minimum atomic E-state index is -0.201. The summed E-state index contributed by atoms with van der Waals surface area (Å²) in [6.45, 7) is 5.17. The number of hydrogen-bond acceptors (Lipinski definition) is 3. The molecule has 1 amide bonds. The number of nitrogens with one attached hydrogen (secondary N) is 1. The Hall–Kier alpha value is -2.90. The monoisotopic (exact) mass is 497 g/mol. The van der Waals surface area contributed by atoms with Crippen molar-refractivity contribution < 1.29 is 4.79 Å². The highest BCUT2D eigenvalue weighted by atomic mass is 79.9. The lowest BCUT2D eigenvalue weighted by Gasteiger charge is -2.08. The Balaban J connectivity index is 1.43. The molecule has 0 spiro atoms. The highest BCUT2D eigenvalue weighted by Crippen LogP contribution is 2.21. The first-order valence-corrected chi connectivity index (χ1v) is 10.9. The molecule has 2 aromatic carbocycles. The van der Waals surface area contributed by atoms with E-state index in [9.17, 15) is 4.79 Å². The second-order valence-electron chi connectivity index (χ2n) is 7.32. The van der Waals surface area contributed by atoms with Crippen molar-refractivity contribution in [2.45, 2.75) is 26.9 Å². The third kappa shape index (κ3) is 5.06. The number of carbonyl (C=O) groups is 1. The predicted octanol–water partition coefficient (Wildman–Crippen LogP) is 5.46. The first-order chi connectivity index (χ1) is 14.9. The summed E-state index contributed by atoms with van der Waals surface area (Å²) in [6.07, 6.45) is 1.83. The summed E-state index contributed by atoms with van der Waals surface area (Å²) in [4.78, 5) is 12.7. The zero-order valence-electron chi connectivity index (χ0n) is 17.1. The normalized spacial score (nSPS) is 11.0. The fourth-order valence-corrected chi connectivity index (χ4v) is 3.70. The van der Waals surface area contributed by atoms with E-state index in [1.54, 1.807) is 16.8 Å². The molecule has 4 aromatic rings. The quantitative estimate of drug-likeness (QED) is 0.384. The molecular weight excluding hydrogens is 478 g/mol. The molecule has 0 aliphatic rings. The number of nitrogens with zero attached hydrogens (tertiary/aromatic N) is 4. The fourth-order valence-electron chi connectivity index (χ4n) is 3.29. The van der Waals surface area contributed by atoms with E-state index < -0.39 is 0 Å². The summed E-state index contributed by atoms with van der Waals surface area (Å²) >= 11 is 9.48. The van der Waals surface area contributed by atoms with E-state index in [0.29, 0.717) is 29.5 Å². The number of halogens is 2. The summed E-state index contributed by atoms with van der Waals surface area (Å²) < 4.78 is 4.71. The maximum Gasteiger partial charge on any atom is 0.256 e. The molecule has 158 valence electrons. The van der Waals surface area contributed by atoms with Crippen molar-refractivity contribution in [1.29, 1.82) is 0 Å². The van der Waals surface area contributed by atoms with Gasteiger partial charge in [-0.25, -0.2) is 0 Å². The van der Waals surface area contributed by atoms with Gasteiger partial charge in [0.2, 0.25) is 0 Å². The third-order valence-electron chi connectivity index (χ3n) is 4.95. The topological polar surface area (TPSA) is 64.7 Å². The van der Waals surface area contributed by atoms with Crippen LogP contribution in [0.3, 0.4) is 0 Å². The minimum absolute atomic E-state index is 0.201. The lowest BCUT2D eigenvalue weighted by Crippen LogP contribution is -2.13. The molecule has 0 aliphatic heterocycles. The van der Waals surface area contributed by atoms with Gasteiger partial charge in [0, 0.05) is 22.8 Å². The molecule has 31 heavy (non-hydrogen) atoms.